The molecule has 2 heterocycles. The van der Waals surface area contributed by atoms with Crippen LogP contribution in [0.25, 0.3) is 0 Å². The summed E-state index contributed by atoms with van der Waals surface area (Å²) in [7, 11) is 0. The maximum absolute atomic E-state index is 13.8. The van der Waals surface area contributed by atoms with Gasteiger partial charge in [0.1, 0.15) is 5.82 Å². The van der Waals surface area contributed by atoms with Crippen molar-refractivity contribution in [1.82, 2.24) is 30.8 Å². The number of nitrogens with one attached hydrogen (secondary N) is 2. The van der Waals surface area contributed by atoms with Crippen molar-refractivity contribution in [3.63, 3.8) is 0 Å². The van der Waals surface area contributed by atoms with Crippen LogP contribution < -0.4 is 10.2 Å². The highest BCUT2D eigenvalue weighted by Gasteiger charge is 2.52. The number of urea groups is 1. The van der Waals surface area contributed by atoms with Gasteiger partial charge in [-0.15, -0.1) is 10.2 Å². The third-order valence-electron chi connectivity index (χ3n) is 8.12. The highest BCUT2D eigenvalue weighted by Crippen LogP contribution is 2.47. The largest absolute Gasteiger partial charge is 0.345 e. The molecule has 10 heteroatoms. The lowest BCUT2D eigenvalue weighted by atomic mass is 9.67. The van der Waals surface area contributed by atoms with E-state index in [-0.39, 0.29) is 35.3 Å². The minimum absolute atomic E-state index is 0.0623. The summed E-state index contributed by atoms with van der Waals surface area (Å²) in [6, 6.07) is 13.4. The number of aromatic amines is 1. The summed E-state index contributed by atoms with van der Waals surface area (Å²) in [6.45, 7) is 8.08. The maximum Gasteiger partial charge on any atom is 0.325 e. The van der Waals surface area contributed by atoms with Gasteiger partial charge in [0.25, 0.3) is 5.91 Å². The summed E-state index contributed by atoms with van der Waals surface area (Å²) in [5, 5.41) is 16.3. The fraction of sp³-hybridized carbons (Fsp3) is 0.464. The molecule has 9 nitrogen and oxygen atoms in total. The van der Waals surface area contributed by atoms with E-state index < -0.39 is 0 Å². The van der Waals surface area contributed by atoms with Crippen LogP contribution in [0.15, 0.2) is 48.5 Å². The lowest BCUT2D eigenvalue weighted by Gasteiger charge is -2.45. The van der Waals surface area contributed by atoms with Crippen LogP contribution in [0.2, 0.25) is 0 Å². The molecular formula is C28H34FN7O2. The van der Waals surface area contributed by atoms with Crippen molar-refractivity contribution >= 4 is 17.6 Å². The summed E-state index contributed by atoms with van der Waals surface area (Å²) in [6.07, 6.45) is 3.97. The van der Waals surface area contributed by atoms with Crippen molar-refractivity contribution in [3.8, 4) is 0 Å². The molecule has 1 saturated carbocycles. The zero-order valence-corrected chi connectivity index (χ0v) is 22.1. The van der Waals surface area contributed by atoms with E-state index in [0.717, 1.165) is 31.2 Å². The number of hydrogen-bond acceptors (Lipinski definition) is 5. The summed E-state index contributed by atoms with van der Waals surface area (Å²) in [5.74, 6) is 0.451. The number of nitrogens with zero attached hydrogens (tertiary/aromatic N) is 5. The van der Waals surface area contributed by atoms with Crippen molar-refractivity contribution < 1.29 is 14.0 Å². The molecule has 200 valence electrons. The molecule has 1 aromatic heterocycles. The van der Waals surface area contributed by atoms with Crippen LogP contribution in [-0.2, 0) is 13.1 Å². The first-order valence-electron chi connectivity index (χ1n) is 13.1. The number of amides is 3. The molecule has 1 aliphatic carbocycles. The van der Waals surface area contributed by atoms with E-state index in [1.807, 2.05) is 17.0 Å². The molecule has 0 atom stereocenters. The van der Waals surface area contributed by atoms with Crippen LogP contribution in [0.4, 0.5) is 14.9 Å². The molecule has 2 N–H and O–H groups in total. The monoisotopic (exact) mass is 519 g/mol. The number of anilines is 1. The first kappa shape index (κ1) is 25.8. The smallest absolute Gasteiger partial charge is 0.325 e. The number of rotatable bonds is 6. The van der Waals surface area contributed by atoms with E-state index in [1.165, 1.54) is 12.1 Å². The normalized spacial score (nSPS) is 21.8. The molecule has 3 amide bonds. The van der Waals surface area contributed by atoms with E-state index in [9.17, 15) is 14.0 Å². The second-order valence-corrected chi connectivity index (χ2v) is 11.5. The van der Waals surface area contributed by atoms with Crippen molar-refractivity contribution in [3.05, 3.63) is 71.3 Å². The van der Waals surface area contributed by atoms with Crippen molar-refractivity contribution in [2.24, 2.45) is 11.3 Å². The summed E-state index contributed by atoms with van der Waals surface area (Å²) >= 11 is 0. The molecule has 5 rings (SSSR count). The first-order chi connectivity index (χ1) is 18.1. The molecular weight excluding hydrogens is 485 g/mol. The number of benzene rings is 2. The molecule has 0 unspecified atom stereocenters. The predicted octanol–water partition coefficient (Wildman–Crippen LogP) is 4.69. The SMILES string of the molecule is CC(C)(C)C1CCC2(CC1)CN(c1ccc(F)cc1)C(=O)N2Cc1ccc(C(=O)NCc2nn[nH]n2)cc1. The van der Waals surface area contributed by atoms with E-state index in [0.29, 0.717) is 36.1 Å². The Morgan fingerprint density at radius 2 is 1.79 bits per heavy atom. The van der Waals surface area contributed by atoms with Crippen LogP contribution in [0.3, 0.4) is 0 Å². The number of tetrazole rings is 1. The Balaban J connectivity index is 1.34. The minimum Gasteiger partial charge on any atom is -0.345 e. The summed E-state index contributed by atoms with van der Waals surface area (Å²) in [4.78, 5) is 30.1. The minimum atomic E-state index is -0.320. The second kappa shape index (κ2) is 10.2. The Morgan fingerprint density at radius 1 is 1.11 bits per heavy atom. The van der Waals surface area contributed by atoms with Crippen LogP contribution in [0.5, 0.6) is 0 Å². The number of aromatic nitrogens is 4. The topological polar surface area (TPSA) is 107 Å². The summed E-state index contributed by atoms with van der Waals surface area (Å²) < 4.78 is 13.6. The van der Waals surface area contributed by atoms with Gasteiger partial charge in [-0.1, -0.05) is 38.1 Å². The zero-order chi connectivity index (χ0) is 26.9. The molecule has 0 radical (unpaired) electrons. The molecule has 1 saturated heterocycles. The van der Waals surface area contributed by atoms with E-state index in [2.05, 4.69) is 46.7 Å². The van der Waals surface area contributed by atoms with Gasteiger partial charge in [0.2, 0.25) is 0 Å². The molecule has 1 aliphatic heterocycles. The average Bonchev–Trinajstić information content (AvgIpc) is 3.51. The number of H-pyrrole nitrogens is 1. The molecule has 0 bridgehead atoms. The Labute approximate surface area is 221 Å². The zero-order valence-electron chi connectivity index (χ0n) is 22.1. The molecule has 2 aliphatic rings. The van der Waals surface area contributed by atoms with Gasteiger partial charge in [-0.2, -0.15) is 5.21 Å². The highest BCUT2D eigenvalue weighted by atomic mass is 19.1. The quantitative estimate of drug-likeness (QED) is 0.492. The molecule has 2 aromatic carbocycles. The first-order valence-corrected chi connectivity index (χ1v) is 13.1. The summed E-state index contributed by atoms with van der Waals surface area (Å²) in [5.41, 5.74) is 2.12. The van der Waals surface area contributed by atoms with Gasteiger partial charge in [0.05, 0.1) is 18.6 Å². The van der Waals surface area contributed by atoms with Gasteiger partial charge in [-0.05, 0) is 79.0 Å². The van der Waals surface area contributed by atoms with Gasteiger partial charge < -0.3 is 10.2 Å². The average molecular weight is 520 g/mol. The standard InChI is InChI=1S/C28H34FN7O2/c1-27(2,3)21-12-14-28(15-13-21)18-35(23-10-8-22(29)9-11-23)26(38)36(28)17-19-4-6-20(7-5-19)25(37)30-16-24-31-33-34-32-24/h4-11,21H,12-18H2,1-3H3,(H,30,37)(H,31,32,33,34). The van der Waals surface area contributed by atoms with Gasteiger partial charge in [0.15, 0.2) is 5.82 Å². The van der Waals surface area contributed by atoms with E-state index in [4.69, 9.17) is 0 Å². The van der Waals surface area contributed by atoms with E-state index in [1.54, 1.807) is 29.2 Å². The molecule has 38 heavy (non-hydrogen) atoms. The maximum atomic E-state index is 13.8. The van der Waals surface area contributed by atoms with Gasteiger partial charge in [0, 0.05) is 17.8 Å². The third kappa shape index (κ3) is 5.25. The number of hydrogen-bond donors (Lipinski definition) is 2. The van der Waals surface area contributed by atoms with E-state index >= 15 is 0 Å². The van der Waals surface area contributed by atoms with Crippen molar-refractivity contribution in [2.75, 3.05) is 11.4 Å². The lowest BCUT2D eigenvalue weighted by molar-refractivity contribution is 0.0631. The van der Waals surface area contributed by atoms with Crippen LogP contribution in [-0.4, -0.2) is 49.5 Å². The Bertz CT molecular complexity index is 1260. The highest BCUT2D eigenvalue weighted by molar-refractivity contribution is 5.95. The van der Waals surface area contributed by atoms with Gasteiger partial charge in [-0.25, -0.2) is 9.18 Å². The molecule has 1 spiro atoms. The number of halogens is 1. The number of carbonyl (C=O) groups excluding carboxylic acids is 2. The van der Waals surface area contributed by atoms with Crippen LogP contribution >= 0.6 is 0 Å². The van der Waals surface area contributed by atoms with Crippen LogP contribution in [0.1, 0.15) is 68.2 Å². The lowest BCUT2D eigenvalue weighted by Crippen LogP contribution is -2.50. The fourth-order valence-corrected chi connectivity index (χ4v) is 5.77. The van der Waals surface area contributed by atoms with Gasteiger partial charge >= 0.3 is 6.03 Å². The predicted molar refractivity (Wildman–Crippen MR) is 141 cm³/mol. The third-order valence-corrected chi connectivity index (χ3v) is 8.12. The van der Waals surface area contributed by atoms with Crippen molar-refractivity contribution in [1.29, 1.82) is 0 Å². The number of carbonyl (C=O) groups is 2. The van der Waals surface area contributed by atoms with Crippen molar-refractivity contribution in [2.45, 2.75) is 65.1 Å². The fourth-order valence-electron chi connectivity index (χ4n) is 5.77. The Morgan fingerprint density at radius 3 is 2.39 bits per heavy atom. The molecule has 2 fully saturated rings. The molecule has 3 aromatic rings. The Kier molecular flexibility index (Phi) is 6.90. The van der Waals surface area contributed by atoms with Gasteiger partial charge in [-0.3, -0.25) is 9.69 Å². The second-order valence-electron chi connectivity index (χ2n) is 11.5. The Hall–Kier alpha value is -3.82. The van der Waals surface area contributed by atoms with Crippen LogP contribution in [0, 0.1) is 17.2 Å².